The van der Waals surface area contributed by atoms with Gasteiger partial charge in [-0.1, -0.05) is 0 Å². The zero-order valence-corrected chi connectivity index (χ0v) is 12.2. The molecule has 0 N–H and O–H groups in total. The van der Waals surface area contributed by atoms with Gasteiger partial charge in [0.15, 0.2) is 0 Å². The Hall–Kier alpha value is -2.68. The summed E-state index contributed by atoms with van der Waals surface area (Å²) in [5.41, 5.74) is 1.44. The van der Waals surface area contributed by atoms with E-state index >= 15 is 0 Å². The number of amides is 2. The zero-order valence-electron chi connectivity index (χ0n) is 12.2. The predicted octanol–water partition coefficient (Wildman–Crippen LogP) is 1.37. The highest BCUT2D eigenvalue weighted by molar-refractivity contribution is 6.01. The molecule has 2 amide bonds. The van der Waals surface area contributed by atoms with Crippen LogP contribution in [0.15, 0.2) is 24.3 Å². The number of aldehydes is 1. The maximum atomic E-state index is 11.6. The van der Waals surface area contributed by atoms with Gasteiger partial charge in [0, 0.05) is 43.7 Å². The summed E-state index contributed by atoms with van der Waals surface area (Å²) in [7, 11) is 0. The Labute approximate surface area is 128 Å². The second-order valence-electron chi connectivity index (χ2n) is 5.04. The van der Waals surface area contributed by atoms with Crippen molar-refractivity contribution in [3.05, 3.63) is 29.8 Å². The molecule has 0 bridgehead atoms. The third-order valence-electron chi connectivity index (χ3n) is 3.64. The molecule has 0 atom stereocenters. The lowest BCUT2D eigenvalue weighted by Crippen LogP contribution is -2.38. The van der Waals surface area contributed by atoms with E-state index in [0.29, 0.717) is 31.6 Å². The summed E-state index contributed by atoms with van der Waals surface area (Å²) in [5, 5.41) is 8.77. The van der Waals surface area contributed by atoms with Crippen LogP contribution in [0.4, 0.5) is 5.69 Å². The minimum atomic E-state index is -0.137. The van der Waals surface area contributed by atoms with Crippen molar-refractivity contribution >= 4 is 23.8 Å². The van der Waals surface area contributed by atoms with Crippen LogP contribution in [0, 0.1) is 11.3 Å². The number of anilines is 1. The van der Waals surface area contributed by atoms with Gasteiger partial charge in [0.2, 0.25) is 11.8 Å². The zero-order chi connectivity index (χ0) is 15.9. The van der Waals surface area contributed by atoms with Gasteiger partial charge in [-0.3, -0.25) is 19.3 Å². The van der Waals surface area contributed by atoms with Gasteiger partial charge < -0.3 is 4.90 Å². The molecule has 1 fully saturated rings. The number of carbonyl (C=O) groups is 3. The van der Waals surface area contributed by atoms with Gasteiger partial charge in [0.05, 0.1) is 12.5 Å². The number of nitriles is 1. The Morgan fingerprint density at radius 1 is 1.14 bits per heavy atom. The molecule has 0 saturated carbocycles. The molecule has 1 aromatic rings. The molecule has 1 aromatic carbocycles. The van der Waals surface area contributed by atoms with E-state index in [9.17, 15) is 14.4 Å². The quantitative estimate of drug-likeness (QED) is 0.561. The summed E-state index contributed by atoms with van der Waals surface area (Å²) in [6.45, 7) is 1.30. The molecule has 114 valence electrons. The van der Waals surface area contributed by atoms with E-state index in [1.165, 1.54) is 4.90 Å². The number of likely N-dealkylation sites (tertiary alicyclic amines) is 1. The normalized spacial score (nSPS) is 14.0. The second-order valence-corrected chi connectivity index (χ2v) is 5.04. The van der Waals surface area contributed by atoms with Crippen molar-refractivity contribution < 1.29 is 14.4 Å². The van der Waals surface area contributed by atoms with E-state index in [4.69, 9.17) is 5.26 Å². The van der Waals surface area contributed by atoms with E-state index in [0.717, 1.165) is 12.0 Å². The van der Waals surface area contributed by atoms with Crippen LogP contribution in [-0.2, 0) is 9.59 Å². The van der Waals surface area contributed by atoms with Crippen molar-refractivity contribution in [2.24, 2.45) is 0 Å². The Morgan fingerprint density at radius 3 is 2.32 bits per heavy atom. The molecule has 0 radical (unpaired) electrons. The number of carbonyl (C=O) groups excluding carboxylic acids is 3. The van der Waals surface area contributed by atoms with Crippen LogP contribution in [-0.4, -0.2) is 42.6 Å². The molecule has 1 saturated heterocycles. The first-order chi connectivity index (χ1) is 10.7. The van der Waals surface area contributed by atoms with E-state index in [1.54, 1.807) is 24.3 Å². The summed E-state index contributed by atoms with van der Waals surface area (Å²) in [5.74, 6) is -0.275. The number of benzene rings is 1. The van der Waals surface area contributed by atoms with E-state index in [-0.39, 0.29) is 24.7 Å². The van der Waals surface area contributed by atoms with Crippen molar-refractivity contribution in [1.82, 2.24) is 4.90 Å². The van der Waals surface area contributed by atoms with Crippen molar-refractivity contribution in [3.63, 3.8) is 0 Å². The first-order valence-corrected chi connectivity index (χ1v) is 7.16. The first-order valence-electron chi connectivity index (χ1n) is 7.16. The van der Waals surface area contributed by atoms with Crippen molar-refractivity contribution in [2.45, 2.75) is 19.3 Å². The summed E-state index contributed by atoms with van der Waals surface area (Å²) in [6.07, 6.45) is 1.68. The molecule has 2 rings (SSSR count). The summed E-state index contributed by atoms with van der Waals surface area (Å²) in [6, 6.07) is 9.10. The second kappa shape index (κ2) is 7.36. The van der Waals surface area contributed by atoms with Gasteiger partial charge >= 0.3 is 0 Å². The molecule has 1 heterocycles. The predicted molar refractivity (Wildman–Crippen MR) is 80.2 cm³/mol. The summed E-state index contributed by atoms with van der Waals surface area (Å²) in [4.78, 5) is 37.2. The van der Waals surface area contributed by atoms with Crippen molar-refractivity contribution in [2.75, 3.05) is 24.5 Å². The summed E-state index contributed by atoms with van der Waals surface area (Å²) >= 11 is 0. The van der Waals surface area contributed by atoms with E-state index < -0.39 is 0 Å². The van der Waals surface area contributed by atoms with Gasteiger partial charge in [0.25, 0.3) is 0 Å². The fraction of sp³-hybridized carbons (Fsp3) is 0.375. The minimum absolute atomic E-state index is 0.137. The van der Waals surface area contributed by atoms with Crippen LogP contribution < -0.4 is 4.90 Å². The van der Waals surface area contributed by atoms with Gasteiger partial charge in [0.1, 0.15) is 6.29 Å². The molecule has 6 heteroatoms. The molecule has 22 heavy (non-hydrogen) atoms. The highest BCUT2D eigenvalue weighted by Gasteiger charge is 2.28. The maximum absolute atomic E-state index is 11.6. The SMILES string of the molecule is N#CCCN(CCN1C(=O)CCC1=O)c1ccc(C=O)cc1. The minimum Gasteiger partial charge on any atom is -0.369 e. The molecule has 0 spiro atoms. The van der Waals surface area contributed by atoms with Crippen molar-refractivity contribution in [3.8, 4) is 6.07 Å². The Kier molecular flexibility index (Phi) is 5.26. The van der Waals surface area contributed by atoms with E-state index in [2.05, 4.69) is 6.07 Å². The fourth-order valence-electron chi connectivity index (χ4n) is 2.41. The lowest BCUT2D eigenvalue weighted by molar-refractivity contribution is -0.138. The molecule has 0 aromatic heterocycles. The molecular formula is C16H17N3O3. The summed E-state index contributed by atoms with van der Waals surface area (Å²) < 4.78 is 0. The average Bonchev–Trinajstić information content (AvgIpc) is 2.86. The highest BCUT2D eigenvalue weighted by Crippen LogP contribution is 2.17. The molecule has 0 aliphatic carbocycles. The Morgan fingerprint density at radius 2 is 1.77 bits per heavy atom. The number of nitrogens with zero attached hydrogens (tertiary/aromatic N) is 3. The van der Waals surface area contributed by atoms with Crippen LogP contribution in [0.2, 0.25) is 0 Å². The van der Waals surface area contributed by atoms with Crippen LogP contribution in [0.5, 0.6) is 0 Å². The maximum Gasteiger partial charge on any atom is 0.229 e. The topological polar surface area (TPSA) is 81.5 Å². The van der Waals surface area contributed by atoms with Gasteiger partial charge in [-0.15, -0.1) is 0 Å². The largest absolute Gasteiger partial charge is 0.369 e. The molecule has 1 aliphatic rings. The van der Waals surface area contributed by atoms with E-state index in [1.807, 2.05) is 4.90 Å². The fourth-order valence-corrected chi connectivity index (χ4v) is 2.41. The lowest BCUT2D eigenvalue weighted by Gasteiger charge is -2.26. The number of hydrogen-bond acceptors (Lipinski definition) is 5. The van der Waals surface area contributed by atoms with Gasteiger partial charge in [-0.05, 0) is 24.3 Å². The highest BCUT2D eigenvalue weighted by atomic mass is 16.2. The van der Waals surface area contributed by atoms with Crippen LogP contribution in [0.1, 0.15) is 29.6 Å². The average molecular weight is 299 g/mol. The van der Waals surface area contributed by atoms with Crippen LogP contribution in [0.3, 0.4) is 0 Å². The molecular weight excluding hydrogens is 282 g/mol. The Balaban J connectivity index is 2.05. The van der Waals surface area contributed by atoms with Crippen LogP contribution in [0.25, 0.3) is 0 Å². The number of rotatable bonds is 7. The molecule has 6 nitrogen and oxygen atoms in total. The standard InChI is InChI=1S/C16H17N3O3/c17-8-1-9-18(14-4-2-13(12-20)3-5-14)10-11-19-15(21)6-7-16(19)22/h2-5,12H,1,6-7,9-11H2. The van der Waals surface area contributed by atoms with Gasteiger partial charge in [-0.25, -0.2) is 0 Å². The van der Waals surface area contributed by atoms with Crippen LogP contribution >= 0.6 is 0 Å². The smallest absolute Gasteiger partial charge is 0.229 e. The van der Waals surface area contributed by atoms with Gasteiger partial charge in [-0.2, -0.15) is 5.26 Å². The molecule has 0 unspecified atom stereocenters. The number of hydrogen-bond donors (Lipinski definition) is 0. The third-order valence-corrected chi connectivity index (χ3v) is 3.64. The van der Waals surface area contributed by atoms with Crippen molar-refractivity contribution in [1.29, 1.82) is 5.26 Å². The first kappa shape index (κ1) is 15.7. The third kappa shape index (κ3) is 3.70. The Bertz CT molecular complexity index is 588. The monoisotopic (exact) mass is 299 g/mol. The number of imide groups is 1. The molecule has 1 aliphatic heterocycles. The lowest BCUT2D eigenvalue weighted by atomic mass is 10.2.